The highest BCUT2D eigenvalue weighted by atomic mass is 16.7. The molecule has 0 aliphatic carbocycles. The summed E-state index contributed by atoms with van der Waals surface area (Å²) in [6.07, 6.45) is 3.44. The summed E-state index contributed by atoms with van der Waals surface area (Å²) in [5, 5.41) is 2.88. The Morgan fingerprint density at radius 3 is 2.93 bits per heavy atom. The number of H-pyrrole nitrogens is 1. The molecule has 8 nitrogen and oxygen atoms in total. The highest BCUT2D eigenvalue weighted by Crippen LogP contribution is 2.32. The van der Waals surface area contributed by atoms with Gasteiger partial charge in [-0.1, -0.05) is 6.07 Å². The number of nitrogens with one attached hydrogen (secondary N) is 2. The highest BCUT2D eigenvalue weighted by Gasteiger charge is 2.17. The first-order chi connectivity index (χ1) is 13.6. The zero-order valence-corrected chi connectivity index (χ0v) is 15.1. The number of ether oxygens (including phenoxy) is 2. The van der Waals surface area contributed by atoms with Gasteiger partial charge in [-0.3, -0.25) is 14.6 Å². The second-order valence-electron chi connectivity index (χ2n) is 6.41. The molecule has 0 bridgehead atoms. The minimum Gasteiger partial charge on any atom is -0.454 e. The number of fused-ring (bicyclic) bond motifs is 1. The third-order valence-corrected chi connectivity index (χ3v) is 4.32. The van der Waals surface area contributed by atoms with Gasteiger partial charge < -0.3 is 19.8 Å². The van der Waals surface area contributed by atoms with Gasteiger partial charge >= 0.3 is 0 Å². The lowest BCUT2D eigenvalue weighted by Gasteiger charge is -2.14. The molecular formula is C20H18N4O4. The Morgan fingerprint density at radius 2 is 2.11 bits per heavy atom. The highest BCUT2D eigenvalue weighted by molar-refractivity contribution is 5.79. The fraction of sp³-hybridized carbons (Fsp3) is 0.200. The van der Waals surface area contributed by atoms with E-state index in [-0.39, 0.29) is 24.7 Å². The Morgan fingerprint density at radius 1 is 1.25 bits per heavy atom. The quantitative estimate of drug-likeness (QED) is 0.703. The summed E-state index contributed by atoms with van der Waals surface area (Å²) in [5.41, 5.74) is 1.69. The lowest BCUT2D eigenvalue weighted by atomic mass is 10.1. The maximum Gasteiger partial charge on any atom is 0.251 e. The number of benzene rings is 1. The largest absolute Gasteiger partial charge is 0.454 e. The van der Waals surface area contributed by atoms with Crippen LogP contribution in [0.1, 0.15) is 24.2 Å². The number of pyridine rings is 1. The summed E-state index contributed by atoms with van der Waals surface area (Å²) in [7, 11) is 0. The Balaban J connectivity index is 1.47. The Kier molecular flexibility index (Phi) is 4.76. The van der Waals surface area contributed by atoms with Crippen molar-refractivity contribution in [3.63, 3.8) is 0 Å². The summed E-state index contributed by atoms with van der Waals surface area (Å²) in [6, 6.07) is 9.91. The molecule has 0 spiro atoms. The monoisotopic (exact) mass is 378 g/mol. The van der Waals surface area contributed by atoms with Crippen molar-refractivity contribution in [2.24, 2.45) is 0 Å². The molecular weight excluding hydrogens is 360 g/mol. The first-order valence-electron chi connectivity index (χ1n) is 8.78. The van der Waals surface area contributed by atoms with Crippen LogP contribution in [0.2, 0.25) is 0 Å². The number of carbonyl (C=O) groups is 1. The summed E-state index contributed by atoms with van der Waals surface area (Å²) >= 11 is 0. The predicted molar refractivity (Wildman–Crippen MR) is 101 cm³/mol. The molecule has 1 aromatic carbocycles. The van der Waals surface area contributed by atoms with Crippen LogP contribution in [0, 0.1) is 0 Å². The molecule has 28 heavy (non-hydrogen) atoms. The predicted octanol–water partition coefficient (Wildman–Crippen LogP) is 1.98. The molecule has 1 aliphatic rings. The smallest absolute Gasteiger partial charge is 0.251 e. The van der Waals surface area contributed by atoms with Crippen molar-refractivity contribution in [1.29, 1.82) is 0 Å². The van der Waals surface area contributed by atoms with E-state index in [9.17, 15) is 9.59 Å². The molecule has 0 saturated heterocycles. The van der Waals surface area contributed by atoms with Crippen LogP contribution in [0.15, 0.2) is 53.6 Å². The standard InChI is InChI=1S/C20H18N4O4/c1-12(15-9-19(26)24-20(23-15)14-3-2-6-21-10-14)22-18(25)8-13-4-5-16-17(7-13)28-11-27-16/h2-7,9-10,12H,8,11H2,1H3,(H,22,25)(H,23,24,26). The number of carbonyl (C=O) groups excluding carboxylic acids is 1. The minimum absolute atomic E-state index is 0.180. The Bertz CT molecular complexity index is 1070. The van der Waals surface area contributed by atoms with E-state index in [1.54, 1.807) is 43.6 Å². The van der Waals surface area contributed by atoms with Crippen LogP contribution >= 0.6 is 0 Å². The zero-order chi connectivity index (χ0) is 19.5. The van der Waals surface area contributed by atoms with Gasteiger partial charge in [0.05, 0.1) is 18.2 Å². The van der Waals surface area contributed by atoms with E-state index in [4.69, 9.17) is 9.47 Å². The topological polar surface area (TPSA) is 106 Å². The number of aromatic nitrogens is 3. The van der Waals surface area contributed by atoms with Crippen LogP contribution in [-0.4, -0.2) is 27.7 Å². The van der Waals surface area contributed by atoms with Gasteiger partial charge in [0.2, 0.25) is 12.7 Å². The SMILES string of the molecule is CC(NC(=O)Cc1ccc2c(c1)OCO2)c1cc(=O)[nH]c(-c2cccnc2)n1. The van der Waals surface area contributed by atoms with Gasteiger partial charge in [-0.15, -0.1) is 0 Å². The lowest BCUT2D eigenvalue weighted by Crippen LogP contribution is -2.29. The van der Waals surface area contributed by atoms with Crippen LogP contribution in [-0.2, 0) is 11.2 Å². The Hall–Kier alpha value is -3.68. The number of rotatable bonds is 5. The van der Waals surface area contributed by atoms with Crippen molar-refractivity contribution in [3.05, 3.63) is 70.4 Å². The normalized spacial score (nSPS) is 13.2. The first-order valence-corrected chi connectivity index (χ1v) is 8.78. The number of hydrogen-bond donors (Lipinski definition) is 2. The van der Waals surface area contributed by atoms with Gasteiger partial charge in [-0.2, -0.15) is 0 Å². The van der Waals surface area contributed by atoms with Crippen LogP contribution < -0.4 is 20.3 Å². The van der Waals surface area contributed by atoms with Crippen molar-refractivity contribution in [1.82, 2.24) is 20.3 Å². The van der Waals surface area contributed by atoms with E-state index in [0.717, 1.165) is 5.56 Å². The molecule has 3 aromatic rings. The number of nitrogens with zero attached hydrogens (tertiary/aromatic N) is 2. The third-order valence-electron chi connectivity index (χ3n) is 4.32. The van der Waals surface area contributed by atoms with Crippen molar-refractivity contribution in [2.75, 3.05) is 6.79 Å². The molecule has 1 unspecified atom stereocenters. The van der Waals surface area contributed by atoms with Crippen LogP contribution in [0.5, 0.6) is 11.5 Å². The molecule has 0 fully saturated rings. The third kappa shape index (κ3) is 3.85. The van der Waals surface area contributed by atoms with Gasteiger partial charge in [0.1, 0.15) is 5.82 Å². The number of hydrogen-bond acceptors (Lipinski definition) is 6. The maximum atomic E-state index is 12.4. The van der Waals surface area contributed by atoms with Crippen LogP contribution in [0.3, 0.4) is 0 Å². The summed E-state index contributed by atoms with van der Waals surface area (Å²) < 4.78 is 10.6. The zero-order valence-electron chi connectivity index (χ0n) is 15.1. The van der Waals surface area contributed by atoms with Crippen molar-refractivity contribution >= 4 is 5.91 Å². The van der Waals surface area contributed by atoms with Gasteiger partial charge in [-0.05, 0) is 36.8 Å². The van der Waals surface area contributed by atoms with Gasteiger partial charge in [0.15, 0.2) is 11.5 Å². The van der Waals surface area contributed by atoms with Gasteiger partial charge in [-0.25, -0.2) is 4.98 Å². The van der Waals surface area contributed by atoms with E-state index in [1.807, 2.05) is 6.07 Å². The minimum atomic E-state index is -0.431. The number of amides is 1. The molecule has 2 aromatic heterocycles. The average molecular weight is 378 g/mol. The van der Waals surface area contributed by atoms with Crippen molar-refractivity contribution in [3.8, 4) is 22.9 Å². The van der Waals surface area contributed by atoms with Crippen LogP contribution in [0.4, 0.5) is 0 Å². The molecule has 1 atom stereocenters. The average Bonchev–Trinajstić information content (AvgIpc) is 3.16. The first kappa shape index (κ1) is 17.7. The molecule has 3 heterocycles. The molecule has 2 N–H and O–H groups in total. The summed E-state index contributed by atoms with van der Waals surface area (Å²) in [4.78, 5) is 35.6. The second-order valence-corrected chi connectivity index (χ2v) is 6.41. The molecule has 8 heteroatoms. The lowest BCUT2D eigenvalue weighted by molar-refractivity contribution is -0.121. The van der Waals surface area contributed by atoms with E-state index in [1.165, 1.54) is 6.07 Å². The molecule has 1 aliphatic heterocycles. The van der Waals surface area contributed by atoms with E-state index in [2.05, 4.69) is 20.3 Å². The van der Waals surface area contributed by atoms with Crippen molar-refractivity contribution in [2.45, 2.75) is 19.4 Å². The molecule has 1 amide bonds. The Labute approximate surface area is 160 Å². The summed E-state index contributed by atoms with van der Waals surface area (Å²) in [6.45, 7) is 1.97. The second kappa shape index (κ2) is 7.51. The molecule has 0 saturated carbocycles. The van der Waals surface area contributed by atoms with Gasteiger partial charge in [0.25, 0.3) is 5.56 Å². The number of aromatic amines is 1. The van der Waals surface area contributed by atoms with E-state index < -0.39 is 6.04 Å². The summed E-state index contributed by atoms with van der Waals surface area (Å²) in [5.74, 6) is 1.53. The maximum absolute atomic E-state index is 12.4. The van der Waals surface area contributed by atoms with Gasteiger partial charge in [0, 0.05) is 24.0 Å². The van der Waals surface area contributed by atoms with Crippen molar-refractivity contribution < 1.29 is 14.3 Å². The molecule has 0 radical (unpaired) electrons. The fourth-order valence-electron chi connectivity index (χ4n) is 2.94. The van der Waals surface area contributed by atoms with E-state index in [0.29, 0.717) is 28.6 Å². The van der Waals surface area contributed by atoms with Crippen LogP contribution in [0.25, 0.3) is 11.4 Å². The molecule has 4 rings (SSSR count). The van der Waals surface area contributed by atoms with E-state index >= 15 is 0 Å². The fourth-order valence-corrected chi connectivity index (χ4v) is 2.94. The molecule has 142 valence electrons.